The van der Waals surface area contributed by atoms with Gasteiger partial charge in [0.05, 0.1) is 6.04 Å². The zero-order valence-electron chi connectivity index (χ0n) is 16.9. The number of rotatable bonds is 13. The van der Waals surface area contributed by atoms with Crippen LogP contribution in [0.3, 0.4) is 0 Å². The highest BCUT2D eigenvalue weighted by molar-refractivity contribution is 5.21. The number of para-hydroxylation sites is 1. The van der Waals surface area contributed by atoms with Crippen LogP contribution in [0, 0.1) is 0 Å². The van der Waals surface area contributed by atoms with Crippen molar-refractivity contribution in [1.82, 2.24) is 15.5 Å². The maximum Gasteiger partial charge on any atom is 0.119 e. The minimum Gasteiger partial charge on any atom is -0.489 e. The van der Waals surface area contributed by atoms with Gasteiger partial charge in [0.1, 0.15) is 11.9 Å². The molecule has 0 aliphatic carbocycles. The van der Waals surface area contributed by atoms with E-state index in [2.05, 4.69) is 52.8 Å². The first-order valence-corrected chi connectivity index (χ1v) is 10.7. The Kier molecular flexibility index (Phi) is 10.7. The van der Waals surface area contributed by atoms with E-state index in [4.69, 9.17) is 4.74 Å². The van der Waals surface area contributed by atoms with E-state index in [9.17, 15) is 0 Å². The third-order valence-electron chi connectivity index (χ3n) is 5.32. The van der Waals surface area contributed by atoms with Gasteiger partial charge >= 0.3 is 0 Å². The normalized spacial score (nSPS) is 19.4. The van der Waals surface area contributed by atoms with Crippen molar-refractivity contribution in [2.75, 3.05) is 39.8 Å². The van der Waals surface area contributed by atoms with Gasteiger partial charge < -0.3 is 15.4 Å². The standard InChI is InChI=1S/C22H39N3O/c1-3-4-5-9-14-22(26-20-12-7-6-8-13-20)21-19-24-16-18-25(21)17-11-10-15-23-2/h6-8,12-13,21-24H,3-5,9-11,14-19H2,1-2H3. The van der Waals surface area contributed by atoms with Crippen LogP contribution in [0.25, 0.3) is 0 Å². The highest BCUT2D eigenvalue weighted by Crippen LogP contribution is 2.21. The summed E-state index contributed by atoms with van der Waals surface area (Å²) in [5.74, 6) is 1.01. The molecule has 0 saturated carbocycles. The number of piperazine rings is 1. The Labute approximate surface area is 160 Å². The number of unbranched alkanes of at least 4 members (excludes halogenated alkanes) is 4. The van der Waals surface area contributed by atoms with Crippen LogP contribution in [0.5, 0.6) is 5.75 Å². The van der Waals surface area contributed by atoms with E-state index in [-0.39, 0.29) is 6.10 Å². The smallest absolute Gasteiger partial charge is 0.119 e. The van der Waals surface area contributed by atoms with Crippen LogP contribution < -0.4 is 15.4 Å². The van der Waals surface area contributed by atoms with Gasteiger partial charge in [0.2, 0.25) is 0 Å². The fourth-order valence-electron chi connectivity index (χ4n) is 3.80. The van der Waals surface area contributed by atoms with Crippen molar-refractivity contribution in [2.24, 2.45) is 0 Å². The van der Waals surface area contributed by atoms with Crippen LogP contribution in [-0.4, -0.2) is 56.8 Å². The lowest BCUT2D eigenvalue weighted by Gasteiger charge is -2.40. The molecule has 1 heterocycles. The van der Waals surface area contributed by atoms with Crippen LogP contribution in [-0.2, 0) is 0 Å². The molecule has 1 aromatic carbocycles. The van der Waals surface area contributed by atoms with Crippen molar-refractivity contribution >= 4 is 0 Å². The van der Waals surface area contributed by atoms with E-state index in [0.717, 1.165) is 38.3 Å². The van der Waals surface area contributed by atoms with E-state index >= 15 is 0 Å². The third kappa shape index (κ3) is 7.65. The topological polar surface area (TPSA) is 36.5 Å². The molecule has 1 fully saturated rings. The van der Waals surface area contributed by atoms with Crippen LogP contribution in [0.1, 0.15) is 51.9 Å². The summed E-state index contributed by atoms with van der Waals surface area (Å²) in [5.41, 5.74) is 0. The SMILES string of the molecule is CCCCCCC(Oc1ccccc1)C1CNCCN1CCCCNC. The zero-order chi connectivity index (χ0) is 18.5. The Morgan fingerprint density at radius 3 is 2.77 bits per heavy atom. The van der Waals surface area contributed by atoms with E-state index in [1.54, 1.807) is 0 Å². The zero-order valence-corrected chi connectivity index (χ0v) is 16.9. The van der Waals surface area contributed by atoms with E-state index < -0.39 is 0 Å². The average Bonchev–Trinajstić information content (AvgIpc) is 2.69. The molecular weight excluding hydrogens is 322 g/mol. The molecular formula is C22H39N3O. The maximum atomic E-state index is 6.50. The number of hydrogen-bond donors (Lipinski definition) is 2. The lowest BCUT2D eigenvalue weighted by atomic mass is 9.99. The van der Waals surface area contributed by atoms with E-state index in [0.29, 0.717) is 6.04 Å². The summed E-state index contributed by atoms with van der Waals surface area (Å²) in [6.45, 7) is 7.83. The minimum absolute atomic E-state index is 0.270. The fraction of sp³-hybridized carbons (Fsp3) is 0.727. The molecule has 148 valence electrons. The molecule has 2 atom stereocenters. The summed E-state index contributed by atoms with van der Waals surface area (Å²) in [6, 6.07) is 10.8. The molecule has 0 radical (unpaired) electrons. The number of benzene rings is 1. The first kappa shape index (κ1) is 21.2. The second kappa shape index (κ2) is 13.1. The first-order chi connectivity index (χ1) is 12.8. The van der Waals surface area contributed by atoms with Gasteiger partial charge in [-0.2, -0.15) is 0 Å². The van der Waals surface area contributed by atoms with Gasteiger partial charge in [0.15, 0.2) is 0 Å². The molecule has 0 bridgehead atoms. The monoisotopic (exact) mass is 361 g/mol. The Morgan fingerprint density at radius 1 is 1.15 bits per heavy atom. The fourth-order valence-corrected chi connectivity index (χ4v) is 3.80. The summed E-state index contributed by atoms with van der Waals surface area (Å²) >= 11 is 0. The number of hydrogen-bond acceptors (Lipinski definition) is 4. The van der Waals surface area contributed by atoms with Crippen molar-refractivity contribution in [3.63, 3.8) is 0 Å². The van der Waals surface area contributed by atoms with Gasteiger partial charge in [-0.15, -0.1) is 0 Å². The summed E-state index contributed by atoms with van der Waals surface area (Å²) in [6.07, 6.45) is 9.10. The average molecular weight is 362 g/mol. The lowest BCUT2D eigenvalue weighted by Crippen LogP contribution is -2.57. The maximum absolute atomic E-state index is 6.50. The molecule has 26 heavy (non-hydrogen) atoms. The molecule has 2 N–H and O–H groups in total. The molecule has 0 aromatic heterocycles. The predicted octanol–water partition coefficient (Wildman–Crippen LogP) is 3.68. The quantitative estimate of drug-likeness (QED) is 0.526. The number of ether oxygens (including phenoxy) is 1. The van der Waals surface area contributed by atoms with Crippen LogP contribution >= 0.6 is 0 Å². The van der Waals surface area contributed by atoms with Crippen molar-refractivity contribution in [2.45, 2.75) is 64.0 Å². The largest absolute Gasteiger partial charge is 0.489 e. The Balaban J connectivity index is 1.96. The van der Waals surface area contributed by atoms with E-state index in [1.807, 2.05) is 7.05 Å². The first-order valence-electron chi connectivity index (χ1n) is 10.7. The third-order valence-corrected chi connectivity index (χ3v) is 5.32. The van der Waals surface area contributed by atoms with E-state index in [1.165, 1.54) is 45.1 Å². The number of nitrogens with one attached hydrogen (secondary N) is 2. The predicted molar refractivity (Wildman–Crippen MR) is 111 cm³/mol. The van der Waals surface area contributed by atoms with Gasteiger partial charge in [-0.05, 0) is 58.0 Å². The summed E-state index contributed by atoms with van der Waals surface area (Å²) in [4.78, 5) is 2.67. The summed E-state index contributed by atoms with van der Waals surface area (Å²) in [5, 5.41) is 6.86. The van der Waals surface area contributed by atoms with Gasteiger partial charge in [0, 0.05) is 19.6 Å². The highest BCUT2D eigenvalue weighted by Gasteiger charge is 2.30. The molecule has 0 amide bonds. The molecule has 4 heteroatoms. The molecule has 4 nitrogen and oxygen atoms in total. The van der Waals surface area contributed by atoms with Gasteiger partial charge in [0.25, 0.3) is 0 Å². The van der Waals surface area contributed by atoms with Crippen LogP contribution in [0.15, 0.2) is 30.3 Å². The number of nitrogens with zero attached hydrogens (tertiary/aromatic N) is 1. The second-order valence-electron chi connectivity index (χ2n) is 7.44. The van der Waals surface area contributed by atoms with Crippen molar-refractivity contribution in [1.29, 1.82) is 0 Å². The summed E-state index contributed by atoms with van der Waals surface area (Å²) in [7, 11) is 2.04. The molecule has 0 spiro atoms. The van der Waals surface area contributed by atoms with Crippen molar-refractivity contribution < 1.29 is 4.74 Å². The molecule has 2 rings (SSSR count). The minimum atomic E-state index is 0.270. The Hall–Kier alpha value is -1.10. The molecule has 1 aliphatic rings. The van der Waals surface area contributed by atoms with Gasteiger partial charge in [-0.3, -0.25) is 4.90 Å². The Bertz CT molecular complexity index is 454. The van der Waals surface area contributed by atoms with Gasteiger partial charge in [-0.1, -0.05) is 44.4 Å². The second-order valence-corrected chi connectivity index (χ2v) is 7.44. The molecule has 1 aliphatic heterocycles. The van der Waals surface area contributed by atoms with Crippen molar-refractivity contribution in [3.8, 4) is 5.75 Å². The molecule has 1 aromatic rings. The molecule has 1 saturated heterocycles. The van der Waals surface area contributed by atoms with Crippen LogP contribution in [0.4, 0.5) is 0 Å². The van der Waals surface area contributed by atoms with Crippen LogP contribution in [0.2, 0.25) is 0 Å². The molecule has 2 unspecified atom stereocenters. The lowest BCUT2D eigenvalue weighted by molar-refractivity contribution is 0.0425. The van der Waals surface area contributed by atoms with Gasteiger partial charge in [-0.25, -0.2) is 0 Å². The Morgan fingerprint density at radius 2 is 2.00 bits per heavy atom. The summed E-state index contributed by atoms with van der Waals surface area (Å²) < 4.78 is 6.50. The highest BCUT2D eigenvalue weighted by atomic mass is 16.5. The van der Waals surface area contributed by atoms with Crippen molar-refractivity contribution in [3.05, 3.63) is 30.3 Å².